The van der Waals surface area contributed by atoms with Crippen LogP contribution in [0.5, 0.6) is 0 Å². The van der Waals surface area contributed by atoms with Crippen molar-refractivity contribution >= 4 is 0 Å². The molecule has 2 nitrogen and oxygen atoms in total. The van der Waals surface area contributed by atoms with Gasteiger partial charge in [-0.25, -0.2) is 0 Å². The highest BCUT2D eigenvalue weighted by Gasteiger charge is 2.22. The van der Waals surface area contributed by atoms with Crippen LogP contribution in [0, 0.1) is 6.92 Å². The zero-order valence-corrected chi connectivity index (χ0v) is 10.8. The molecule has 0 radical (unpaired) electrons. The third-order valence-electron chi connectivity index (χ3n) is 3.43. The molecule has 0 aliphatic rings. The molecule has 1 aromatic rings. The van der Waals surface area contributed by atoms with Crippen LogP contribution in [0.1, 0.15) is 31.4 Å². The first-order valence-electron chi connectivity index (χ1n) is 5.84. The predicted octanol–water partition coefficient (Wildman–Crippen LogP) is 2.59. The Labute approximate surface area is 98.9 Å². The third-order valence-corrected chi connectivity index (χ3v) is 3.43. The zero-order valence-electron chi connectivity index (χ0n) is 10.8. The molecule has 0 saturated carbocycles. The minimum atomic E-state index is 0.0387. The summed E-state index contributed by atoms with van der Waals surface area (Å²) in [7, 11) is 2.11. The van der Waals surface area contributed by atoms with E-state index in [2.05, 4.69) is 57.0 Å². The fourth-order valence-corrected chi connectivity index (χ4v) is 1.72. The molecule has 90 valence electrons. The first-order chi connectivity index (χ1) is 7.47. The van der Waals surface area contributed by atoms with Crippen LogP contribution in [-0.4, -0.2) is 29.2 Å². The molecular formula is C14H23NO. The Bertz CT molecular complexity index is 333. The zero-order chi connectivity index (χ0) is 12.2. The van der Waals surface area contributed by atoms with Crippen molar-refractivity contribution in [2.75, 3.05) is 13.7 Å². The summed E-state index contributed by atoms with van der Waals surface area (Å²) in [5.74, 6) is 0. The van der Waals surface area contributed by atoms with Gasteiger partial charge in [0.15, 0.2) is 0 Å². The number of rotatable bonds is 5. The van der Waals surface area contributed by atoms with Gasteiger partial charge < -0.3 is 5.11 Å². The van der Waals surface area contributed by atoms with Crippen molar-refractivity contribution in [3.63, 3.8) is 0 Å². The highest BCUT2D eigenvalue weighted by atomic mass is 16.3. The minimum Gasteiger partial charge on any atom is -0.396 e. The molecule has 0 bridgehead atoms. The summed E-state index contributed by atoms with van der Waals surface area (Å²) in [6.07, 6.45) is 0.801. The molecule has 0 saturated heterocycles. The summed E-state index contributed by atoms with van der Waals surface area (Å²) >= 11 is 0. The van der Waals surface area contributed by atoms with Crippen molar-refractivity contribution in [3.05, 3.63) is 35.4 Å². The van der Waals surface area contributed by atoms with E-state index in [1.165, 1.54) is 11.1 Å². The van der Waals surface area contributed by atoms with Gasteiger partial charge in [-0.15, -0.1) is 0 Å². The van der Waals surface area contributed by atoms with Gasteiger partial charge in [0.05, 0.1) is 0 Å². The predicted molar refractivity (Wildman–Crippen MR) is 68.4 cm³/mol. The van der Waals surface area contributed by atoms with E-state index in [1.807, 2.05) is 0 Å². The molecule has 1 rings (SSSR count). The second kappa shape index (κ2) is 5.46. The van der Waals surface area contributed by atoms with Crippen LogP contribution >= 0.6 is 0 Å². The first kappa shape index (κ1) is 13.2. The Morgan fingerprint density at radius 3 is 2.44 bits per heavy atom. The second-order valence-corrected chi connectivity index (χ2v) is 5.07. The van der Waals surface area contributed by atoms with Gasteiger partial charge in [-0.05, 0) is 45.4 Å². The topological polar surface area (TPSA) is 23.5 Å². The van der Waals surface area contributed by atoms with Gasteiger partial charge in [0.1, 0.15) is 0 Å². The molecule has 2 heteroatoms. The van der Waals surface area contributed by atoms with E-state index in [0.29, 0.717) is 0 Å². The van der Waals surface area contributed by atoms with Gasteiger partial charge in [-0.1, -0.05) is 24.3 Å². The van der Waals surface area contributed by atoms with Crippen molar-refractivity contribution in [1.82, 2.24) is 4.90 Å². The maximum Gasteiger partial charge on any atom is 0.0448 e. The fourth-order valence-electron chi connectivity index (χ4n) is 1.72. The summed E-state index contributed by atoms with van der Waals surface area (Å²) < 4.78 is 0. The molecular weight excluding hydrogens is 198 g/mol. The lowest BCUT2D eigenvalue weighted by Crippen LogP contribution is -2.41. The summed E-state index contributed by atoms with van der Waals surface area (Å²) in [6, 6.07) is 8.45. The normalized spacial score (nSPS) is 12.1. The van der Waals surface area contributed by atoms with Crippen LogP contribution < -0.4 is 0 Å². The van der Waals surface area contributed by atoms with Crippen LogP contribution in [0.3, 0.4) is 0 Å². The Morgan fingerprint density at radius 2 is 1.88 bits per heavy atom. The number of aliphatic hydroxyl groups is 1. The van der Waals surface area contributed by atoms with Gasteiger partial charge in [0.25, 0.3) is 0 Å². The highest BCUT2D eigenvalue weighted by molar-refractivity contribution is 5.25. The van der Waals surface area contributed by atoms with Crippen molar-refractivity contribution in [1.29, 1.82) is 0 Å². The molecule has 0 aromatic heterocycles. The van der Waals surface area contributed by atoms with E-state index in [9.17, 15) is 0 Å². The number of aliphatic hydroxyl groups excluding tert-OH is 1. The van der Waals surface area contributed by atoms with E-state index >= 15 is 0 Å². The highest BCUT2D eigenvalue weighted by Crippen LogP contribution is 2.20. The van der Waals surface area contributed by atoms with Crippen molar-refractivity contribution in [2.24, 2.45) is 0 Å². The average molecular weight is 221 g/mol. The smallest absolute Gasteiger partial charge is 0.0448 e. The van der Waals surface area contributed by atoms with Crippen molar-refractivity contribution in [3.8, 4) is 0 Å². The first-order valence-corrected chi connectivity index (χ1v) is 5.84. The molecule has 0 atom stereocenters. The number of hydrogen-bond donors (Lipinski definition) is 1. The van der Waals surface area contributed by atoms with E-state index in [0.717, 1.165) is 13.0 Å². The molecule has 1 aromatic carbocycles. The van der Waals surface area contributed by atoms with Gasteiger partial charge >= 0.3 is 0 Å². The van der Waals surface area contributed by atoms with Crippen LogP contribution in [0.4, 0.5) is 0 Å². The maximum atomic E-state index is 9.04. The molecule has 0 heterocycles. The number of aryl methyl sites for hydroxylation is 1. The number of nitrogens with zero attached hydrogens (tertiary/aromatic N) is 1. The second-order valence-electron chi connectivity index (χ2n) is 5.07. The SMILES string of the molecule is Cc1ccccc1CN(C)C(C)(C)CCO. The lowest BCUT2D eigenvalue weighted by molar-refractivity contribution is 0.110. The summed E-state index contributed by atoms with van der Waals surface area (Å²) in [5.41, 5.74) is 2.72. The Kier molecular flexibility index (Phi) is 4.51. The molecule has 1 N–H and O–H groups in total. The van der Waals surface area contributed by atoms with Gasteiger partial charge in [0.2, 0.25) is 0 Å². The van der Waals surface area contributed by atoms with Crippen LogP contribution in [-0.2, 0) is 6.54 Å². The number of benzene rings is 1. The van der Waals surface area contributed by atoms with E-state index in [1.54, 1.807) is 0 Å². The molecule has 0 unspecified atom stereocenters. The average Bonchev–Trinajstić information content (AvgIpc) is 2.21. The van der Waals surface area contributed by atoms with Crippen molar-refractivity contribution < 1.29 is 5.11 Å². The van der Waals surface area contributed by atoms with Gasteiger partial charge in [-0.2, -0.15) is 0 Å². The Morgan fingerprint density at radius 1 is 1.25 bits per heavy atom. The standard InChI is InChI=1S/C14H23NO/c1-12-7-5-6-8-13(12)11-15(4)14(2,3)9-10-16/h5-8,16H,9-11H2,1-4H3. The monoisotopic (exact) mass is 221 g/mol. The van der Waals surface area contributed by atoms with Crippen LogP contribution in [0.15, 0.2) is 24.3 Å². The third kappa shape index (κ3) is 3.32. The van der Waals surface area contributed by atoms with Gasteiger partial charge in [0, 0.05) is 18.7 Å². The summed E-state index contributed by atoms with van der Waals surface area (Å²) in [6.45, 7) is 7.65. The largest absolute Gasteiger partial charge is 0.396 e. The maximum absolute atomic E-state index is 9.04. The molecule has 0 spiro atoms. The number of hydrogen-bond acceptors (Lipinski definition) is 2. The van der Waals surface area contributed by atoms with E-state index in [4.69, 9.17) is 5.11 Å². The van der Waals surface area contributed by atoms with Crippen molar-refractivity contribution in [2.45, 2.75) is 39.3 Å². The Balaban J connectivity index is 2.71. The fraction of sp³-hybridized carbons (Fsp3) is 0.571. The van der Waals surface area contributed by atoms with E-state index in [-0.39, 0.29) is 12.1 Å². The van der Waals surface area contributed by atoms with E-state index < -0.39 is 0 Å². The Hall–Kier alpha value is -0.860. The lowest BCUT2D eigenvalue weighted by atomic mass is 9.98. The lowest BCUT2D eigenvalue weighted by Gasteiger charge is -2.35. The van der Waals surface area contributed by atoms with Crippen LogP contribution in [0.25, 0.3) is 0 Å². The van der Waals surface area contributed by atoms with Gasteiger partial charge in [-0.3, -0.25) is 4.90 Å². The summed E-state index contributed by atoms with van der Waals surface area (Å²) in [4.78, 5) is 2.30. The molecule has 0 aliphatic carbocycles. The molecule has 16 heavy (non-hydrogen) atoms. The molecule has 0 fully saturated rings. The van der Waals surface area contributed by atoms with Crippen LogP contribution in [0.2, 0.25) is 0 Å². The minimum absolute atomic E-state index is 0.0387. The quantitative estimate of drug-likeness (QED) is 0.826. The molecule has 0 amide bonds. The summed E-state index contributed by atoms with van der Waals surface area (Å²) in [5, 5.41) is 9.04. The molecule has 0 aliphatic heterocycles.